The molecular weight excluding hydrogens is 279 g/mol. The maximum Gasteiger partial charge on any atom is 0.416 e. The molecule has 0 radical (unpaired) electrons. The van der Waals surface area contributed by atoms with E-state index >= 15 is 0 Å². The van der Waals surface area contributed by atoms with E-state index in [9.17, 15) is 22.8 Å². The van der Waals surface area contributed by atoms with Crippen LogP contribution in [0.15, 0.2) is 24.3 Å². The van der Waals surface area contributed by atoms with Gasteiger partial charge in [0.05, 0.1) is 12.1 Å². The Hall–Kier alpha value is -2.09. The Morgan fingerprint density at radius 2 is 2.05 bits per heavy atom. The molecule has 1 amide bonds. The van der Waals surface area contributed by atoms with E-state index in [1.807, 2.05) is 0 Å². The fraction of sp³-hybridized carbons (Fsp3) is 0.333. The number of aliphatic carboxylic acids is 1. The largest absolute Gasteiger partial charge is 0.479 e. The van der Waals surface area contributed by atoms with Gasteiger partial charge in [0.2, 0.25) is 0 Å². The number of benzene rings is 1. The summed E-state index contributed by atoms with van der Waals surface area (Å²) in [4.78, 5) is 22.3. The van der Waals surface area contributed by atoms with E-state index in [-0.39, 0.29) is 12.1 Å². The van der Waals surface area contributed by atoms with E-state index in [1.54, 1.807) is 0 Å². The lowest BCUT2D eigenvalue weighted by atomic mass is 10.1. The molecule has 0 spiro atoms. The summed E-state index contributed by atoms with van der Waals surface area (Å²) in [6.45, 7) is -0.346. The first-order chi connectivity index (χ1) is 9.25. The number of ether oxygens (including phenoxy) is 1. The van der Waals surface area contributed by atoms with Crippen LogP contribution in [0.2, 0.25) is 0 Å². The number of amides is 1. The van der Waals surface area contributed by atoms with Crippen molar-refractivity contribution in [3.63, 3.8) is 0 Å². The highest BCUT2D eigenvalue weighted by Gasteiger charge is 2.31. The van der Waals surface area contributed by atoms with Crippen LogP contribution in [0.5, 0.6) is 0 Å². The SMILES string of the molecule is COC(CNC(=O)c1cccc(C(F)(F)F)c1)C(=O)O. The van der Waals surface area contributed by atoms with E-state index in [0.29, 0.717) is 6.07 Å². The van der Waals surface area contributed by atoms with Crippen LogP contribution in [0.3, 0.4) is 0 Å². The van der Waals surface area contributed by atoms with E-state index < -0.39 is 29.7 Å². The predicted octanol–water partition coefficient (Wildman–Crippen LogP) is 1.53. The van der Waals surface area contributed by atoms with Gasteiger partial charge >= 0.3 is 12.1 Å². The number of rotatable bonds is 5. The number of carboxylic acid groups (broad SMARTS) is 1. The number of halogens is 3. The van der Waals surface area contributed by atoms with Crippen molar-refractivity contribution >= 4 is 11.9 Å². The minimum Gasteiger partial charge on any atom is -0.479 e. The number of alkyl halides is 3. The molecule has 1 aromatic rings. The molecule has 1 atom stereocenters. The Bertz CT molecular complexity index is 502. The van der Waals surface area contributed by atoms with Gasteiger partial charge in [-0.3, -0.25) is 4.79 Å². The van der Waals surface area contributed by atoms with Gasteiger partial charge in [-0.25, -0.2) is 4.79 Å². The summed E-state index contributed by atoms with van der Waals surface area (Å²) in [7, 11) is 1.15. The molecule has 1 aromatic carbocycles. The summed E-state index contributed by atoms with van der Waals surface area (Å²) >= 11 is 0. The number of hydrogen-bond acceptors (Lipinski definition) is 3. The molecule has 0 saturated heterocycles. The second kappa shape index (κ2) is 6.38. The minimum atomic E-state index is -4.55. The van der Waals surface area contributed by atoms with Crippen molar-refractivity contribution in [3.8, 4) is 0 Å². The summed E-state index contributed by atoms with van der Waals surface area (Å²) in [5.41, 5.74) is -1.16. The van der Waals surface area contributed by atoms with Gasteiger partial charge in [0.25, 0.3) is 5.91 Å². The number of hydrogen-bond donors (Lipinski definition) is 2. The lowest BCUT2D eigenvalue weighted by molar-refractivity contribution is -0.148. The standard InChI is InChI=1S/C12H12F3NO4/c1-20-9(11(18)19)6-16-10(17)7-3-2-4-8(5-7)12(13,14)15/h2-5,9H,6H2,1H3,(H,16,17)(H,18,19). The molecule has 8 heteroatoms. The molecule has 0 saturated carbocycles. The molecule has 110 valence electrons. The topological polar surface area (TPSA) is 75.6 Å². The van der Waals surface area contributed by atoms with E-state index in [2.05, 4.69) is 10.1 Å². The van der Waals surface area contributed by atoms with Gasteiger partial charge in [-0.05, 0) is 18.2 Å². The van der Waals surface area contributed by atoms with Crippen molar-refractivity contribution in [3.05, 3.63) is 35.4 Å². The number of carboxylic acids is 1. The second-order valence-electron chi connectivity index (χ2n) is 3.85. The van der Waals surface area contributed by atoms with Crippen molar-refractivity contribution in [2.24, 2.45) is 0 Å². The molecule has 5 nitrogen and oxygen atoms in total. The lowest BCUT2D eigenvalue weighted by Gasteiger charge is -2.12. The fourth-order valence-electron chi connectivity index (χ4n) is 1.40. The van der Waals surface area contributed by atoms with Gasteiger partial charge in [-0.2, -0.15) is 13.2 Å². The van der Waals surface area contributed by atoms with Crippen LogP contribution in [0, 0.1) is 0 Å². The number of nitrogens with one attached hydrogen (secondary N) is 1. The van der Waals surface area contributed by atoms with Gasteiger partial charge in [0.15, 0.2) is 6.10 Å². The Labute approximate surface area is 112 Å². The average molecular weight is 291 g/mol. The maximum absolute atomic E-state index is 12.5. The van der Waals surface area contributed by atoms with E-state index in [1.165, 1.54) is 6.07 Å². The highest BCUT2D eigenvalue weighted by Crippen LogP contribution is 2.29. The third-order valence-corrected chi connectivity index (χ3v) is 2.46. The molecule has 0 heterocycles. The predicted molar refractivity (Wildman–Crippen MR) is 62.2 cm³/mol. The van der Waals surface area contributed by atoms with Gasteiger partial charge < -0.3 is 15.2 Å². The maximum atomic E-state index is 12.5. The average Bonchev–Trinajstić information content (AvgIpc) is 2.38. The van der Waals surface area contributed by atoms with Gasteiger partial charge in [0, 0.05) is 12.7 Å². The van der Waals surface area contributed by atoms with Crippen molar-refractivity contribution in [1.82, 2.24) is 5.32 Å². The molecule has 2 N–H and O–H groups in total. The summed E-state index contributed by atoms with van der Waals surface area (Å²) in [6.07, 6.45) is -5.81. The van der Waals surface area contributed by atoms with Crippen LogP contribution in [-0.4, -0.2) is 36.7 Å². The summed E-state index contributed by atoms with van der Waals surface area (Å²) in [6, 6.07) is 3.83. The molecule has 0 aromatic heterocycles. The van der Waals surface area contributed by atoms with Crippen molar-refractivity contribution in [1.29, 1.82) is 0 Å². The minimum absolute atomic E-state index is 0.208. The van der Waals surface area contributed by atoms with Crippen LogP contribution in [0.4, 0.5) is 13.2 Å². The first-order valence-corrected chi connectivity index (χ1v) is 5.46. The molecule has 0 bridgehead atoms. The van der Waals surface area contributed by atoms with Crippen molar-refractivity contribution < 1.29 is 32.6 Å². The Kier molecular flexibility index (Phi) is 5.09. The van der Waals surface area contributed by atoms with Gasteiger partial charge in [0.1, 0.15) is 0 Å². The van der Waals surface area contributed by atoms with Crippen LogP contribution in [-0.2, 0) is 15.7 Å². The van der Waals surface area contributed by atoms with E-state index in [4.69, 9.17) is 5.11 Å². The zero-order chi connectivity index (χ0) is 15.3. The van der Waals surface area contributed by atoms with Crippen LogP contribution >= 0.6 is 0 Å². The fourth-order valence-corrected chi connectivity index (χ4v) is 1.40. The molecular formula is C12H12F3NO4. The number of carbonyl (C=O) groups is 2. The molecule has 0 aliphatic carbocycles. The summed E-state index contributed by atoms with van der Waals surface area (Å²) in [5, 5.41) is 10.9. The molecule has 0 aliphatic rings. The van der Waals surface area contributed by atoms with Crippen LogP contribution in [0.1, 0.15) is 15.9 Å². The number of methoxy groups -OCH3 is 1. The zero-order valence-corrected chi connectivity index (χ0v) is 10.4. The highest BCUT2D eigenvalue weighted by atomic mass is 19.4. The Morgan fingerprint density at radius 1 is 1.40 bits per heavy atom. The third-order valence-electron chi connectivity index (χ3n) is 2.46. The normalized spacial score (nSPS) is 12.8. The molecule has 1 rings (SSSR count). The molecule has 0 fully saturated rings. The smallest absolute Gasteiger partial charge is 0.416 e. The first-order valence-electron chi connectivity index (χ1n) is 5.46. The highest BCUT2D eigenvalue weighted by molar-refractivity contribution is 5.94. The van der Waals surface area contributed by atoms with Crippen molar-refractivity contribution in [2.45, 2.75) is 12.3 Å². The Morgan fingerprint density at radius 3 is 2.55 bits per heavy atom. The van der Waals surface area contributed by atoms with Gasteiger partial charge in [-0.15, -0.1) is 0 Å². The Balaban J connectivity index is 2.76. The first kappa shape index (κ1) is 16.0. The molecule has 1 unspecified atom stereocenters. The molecule has 0 aliphatic heterocycles. The zero-order valence-electron chi connectivity index (χ0n) is 10.4. The van der Waals surface area contributed by atoms with Crippen molar-refractivity contribution in [2.75, 3.05) is 13.7 Å². The lowest BCUT2D eigenvalue weighted by Crippen LogP contribution is -2.37. The van der Waals surface area contributed by atoms with E-state index in [0.717, 1.165) is 19.2 Å². The summed E-state index contributed by atoms with van der Waals surface area (Å²) in [5.74, 6) is -2.09. The van der Waals surface area contributed by atoms with Crippen LogP contribution in [0.25, 0.3) is 0 Å². The second-order valence-corrected chi connectivity index (χ2v) is 3.85. The third kappa shape index (κ3) is 4.23. The monoisotopic (exact) mass is 291 g/mol. The quantitative estimate of drug-likeness (QED) is 0.862. The van der Waals surface area contributed by atoms with Crippen LogP contribution < -0.4 is 5.32 Å². The summed E-state index contributed by atoms with van der Waals surface area (Å²) < 4.78 is 42.0. The number of carbonyl (C=O) groups excluding carboxylic acids is 1. The molecule has 20 heavy (non-hydrogen) atoms. The van der Waals surface area contributed by atoms with Gasteiger partial charge in [-0.1, -0.05) is 6.07 Å².